The second-order valence-electron chi connectivity index (χ2n) is 2.58. The number of ether oxygens (including phenoxy) is 1. The summed E-state index contributed by atoms with van der Waals surface area (Å²) in [7, 11) is 0. The molecule has 0 saturated carbocycles. The maximum absolute atomic E-state index is 10.3. The lowest BCUT2D eigenvalue weighted by atomic mass is 10.4. The van der Waals surface area contributed by atoms with Crippen molar-refractivity contribution in [1.82, 2.24) is 4.98 Å². The average molecular weight is 295 g/mol. The molecule has 7 heteroatoms. The van der Waals surface area contributed by atoms with Crippen LogP contribution in [0.25, 0.3) is 0 Å². The van der Waals surface area contributed by atoms with E-state index in [-0.39, 0.29) is 6.61 Å². The maximum atomic E-state index is 10.3. The molecule has 0 spiro atoms. The summed E-state index contributed by atoms with van der Waals surface area (Å²) in [6.07, 6.45) is 0.726. The van der Waals surface area contributed by atoms with Crippen molar-refractivity contribution in [3.8, 4) is 0 Å². The molecule has 5 nitrogen and oxygen atoms in total. The molecule has 0 unspecified atom stereocenters. The van der Waals surface area contributed by atoms with Crippen LogP contribution in [0, 0.1) is 0 Å². The summed E-state index contributed by atoms with van der Waals surface area (Å²) in [4.78, 5) is 14.3. The second-order valence-corrected chi connectivity index (χ2v) is 3.87. The Balaban J connectivity index is 2.40. The van der Waals surface area contributed by atoms with Gasteiger partial charge >= 0.3 is 6.09 Å². The number of nitrogens with zero attached hydrogens (tertiary/aromatic N) is 1. The molecule has 0 aliphatic heterocycles. The zero-order valence-electron chi connectivity index (χ0n) is 7.67. The van der Waals surface area contributed by atoms with Gasteiger partial charge in [0.15, 0.2) is 0 Å². The fourth-order valence-corrected chi connectivity index (χ4v) is 1.64. The van der Waals surface area contributed by atoms with E-state index in [4.69, 9.17) is 17.3 Å². The molecule has 82 valence electrons. The zero-order chi connectivity index (χ0) is 11.3. The SMILES string of the molecule is NC(=O)OCCNc1ncc(Cl)cc1Br. The second kappa shape index (κ2) is 5.77. The van der Waals surface area contributed by atoms with Crippen LogP contribution in [-0.4, -0.2) is 24.2 Å². The van der Waals surface area contributed by atoms with Crippen LogP contribution in [0.15, 0.2) is 16.7 Å². The first kappa shape index (κ1) is 12.1. The predicted octanol–water partition coefficient (Wildman–Crippen LogP) is 2.00. The molecule has 3 N–H and O–H groups in total. The molecular formula is C8H9BrClN3O2. The van der Waals surface area contributed by atoms with Crippen LogP contribution >= 0.6 is 27.5 Å². The molecule has 0 aliphatic rings. The average Bonchev–Trinajstić information content (AvgIpc) is 2.14. The normalized spacial score (nSPS) is 9.73. The van der Waals surface area contributed by atoms with E-state index in [1.807, 2.05) is 0 Å². The Hall–Kier alpha value is -1.01. The Morgan fingerprint density at radius 3 is 3.07 bits per heavy atom. The fourth-order valence-electron chi connectivity index (χ4n) is 0.866. The number of nitrogens with one attached hydrogen (secondary N) is 1. The summed E-state index contributed by atoms with van der Waals surface area (Å²) >= 11 is 9.00. The van der Waals surface area contributed by atoms with E-state index in [0.29, 0.717) is 17.4 Å². The number of nitrogens with two attached hydrogens (primary N) is 1. The molecule has 1 heterocycles. The van der Waals surface area contributed by atoms with Crippen LogP contribution < -0.4 is 11.1 Å². The number of amides is 1. The smallest absolute Gasteiger partial charge is 0.404 e. The highest BCUT2D eigenvalue weighted by atomic mass is 79.9. The molecule has 15 heavy (non-hydrogen) atoms. The number of anilines is 1. The topological polar surface area (TPSA) is 77.2 Å². The molecule has 0 fully saturated rings. The predicted molar refractivity (Wildman–Crippen MR) is 61.0 cm³/mol. The van der Waals surface area contributed by atoms with E-state index in [1.165, 1.54) is 6.20 Å². The highest BCUT2D eigenvalue weighted by Gasteiger charge is 2.01. The van der Waals surface area contributed by atoms with Gasteiger partial charge in [-0.3, -0.25) is 0 Å². The van der Waals surface area contributed by atoms with Gasteiger partial charge in [-0.25, -0.2) is 9.78 Å². The van der Waals surface area contributed by atoms with Crippen LogP contribution in [0.2, 0.25) is 5.02 Å². The van der Waals surface area contributed by atoms with Crippen molar-refractivity contribution in [2.24, 2.45) is 5.73 Å². The number of carbonyl (C=O) groups excluding carboxylic acids is 1. The monoisotopic (exact) mass is 293 g/mol. The molecule has 1 aromatic rings. The van der Waals surface area contributed by atoms with E-state index in [1.54, 1.807) is 6.07 Å². The highest BCUT2D eigenvalue weighted by Crippen LogP contribution is 2.22. The van der Waals surface area contributed by atoms with E-state index >= 15 is 0 Å². The molecule has 1 aromatic heterocycles. The van der Waals surface area contributed by atoms with Crippen molar-refractivity contribution >= 4 is 39.4 Å². The fraction of sp³-hybridized carbons (Fsp3) is 0.250. The lowest BCUT2D eigenvalue weighted by Crippen LogP contribution is -2.18. The third-order valence-electron chi connectivity index (χ3n) is 1.45. The third-order valence-corrected chi connectivity index (χ3v) is 2.26. The summed E-state index contributed by atoms with van der Waals surface area (Å²) in [5.41, 5.74) is 4.79. The number of hydrogen-bond donors (Lipinski definition) is 2. The minimum atomic E-state index is -0.792. The number of primary amides is 1. The molecule has 0 atom stereocenters. The zero-order valence-corrected chi connectivity index (χ0v) is 10.0. The Bertz CT molecular complexity index is 362. The summed E-state index contributed by atoms with van der Waals surface area (Å²) in [6, 6.07) is 1.71. The van der Waals surface area contributed by atoms with Gasteiger partial charge in [-0.1, -0.05) is 11.6 Å². The van der Waals surface area contributed by atoms with Crippen LogP contribution in [0.3, 0.4) is 0 Å². The van der Waals surface area contributed by atoms with E-state index in [0.717, 1.165) is 4.47 Å². The Labute approximate surface area is 100 Å². The molecule has 0 bridgehead atoms. The summed E-state index contributed by atoms with van der Waals surface area (Å²) in [5.74, 6) is 0.632. The van der Waals surface area contributed by atoms with Crippen molar-refractivity contribution in [2.45, 2.75) is 0 Å². The van der Waals surface area contributed by atoms with E-state index < -0.39 is 6.09 Å². The molecular weight excluding hydrogens is 285 g/mol. The molecule has 0 saturated heterocycles. The Morgan fingerprint density at radius 2 is 2.47 bits per heavy atom. The maximum Gasteiger partial charge on any atom is 0.404 e. The van der Waals surface area contributed by atoms with Gasteiger partial charge in [-0.15, -0.1) is 0 Å². The van der Waals surface area contributed by atoms with Crippen molar-refractivity contribution < 1.29 is 9.53 Å². The first-order valence-corrected chi connectivity index (χ1v) is 5.24. The van der Waals surface area contributed by atoms with Crippen molar-refractivity contribution in [3.63, 3.8) is 0 Å². The van der Waals surface area contributed by atoms with Crippen LogP contribution in [-0.2, 0) is 4.74 Å². The van der Waals surface area contributed by atoms with Gasteiger partial charge in [0.2, 0.25) is 0 Å². The Kier molecular flexibility index (Phi) is 4.64. The van der Waals surface area contributed by atoms with Gasteiger partial charge in [-0.2, -0.15) is 0 Å². The van der Waals surface area contributed by atoms with Gasteiger partial charge < -0.3 is 15.8 Å². The number of carbonyl (C=O) groups is 1. The minimum Gasteiger partial charge on any atom is -0.448 e. The number of rotatable bonds is 4. The molecule has 0 aliphatic carbocycles. The number of aromatic nitrogens is 1. The third kappa shape index (κ3) is 4.35. The summed E-state index contributed by atoms with van der Waals surface area (Å²) in [5, 5.41) is 3.49. The van der Waals surface area contributed by atoms with E-state index in [2.05, 4.69) is 31.0 Å². The van der Waals surface area contributed by atoms with Gasteiger partial charge in [0, 0.05) is 6.20 Å². The molecule has 0 radical (unpaired) electrons. The number of hydrogen-bond acceptors (Lipinski definition) is 4. The lowest BCUT2D eigenvalue weighted by molar-refractivity contribution is 0.161. The van der Waals surface area contributed by atoms with Gasteiger partial charge in [0.25, 0.3) is 0 Å². The van der Waals surface area contributed by atoms with Gasteiger partial charge in [0.05, 0.1) is 16.0 Å². The summed E-state index contributed by atoms with van der Waals surface area (Å²) in [6.45, 7) is 0.613. The van der Waals surface area contributed by atoms with Crippen molar-refractivity contribution in [2.75, 3.05) is 18.5 Å². The first-order valence-electron chi connectivity index (χ1n) is 4.06. The molecule has 0 aromatic carbocycles. The highest BCUT2D eigenvalue weighted by molar-refractivity contribution is 9.10. The number of halogens is 2. The Morgan fingerprint density at radius 1 is 1.73 bits per heavy atom. The van der Waals surface area contributed by atoms with E-state index in [9.17, 15) is 4.79 Å². The van der Waals surface area contributed by atoms with Crippen LogP contribution in [0.4, 0.5) is 10.6 Å². The molecule has 1 rings (SSSR count). The quantitative estimate of drug-likeness (QED) is 0.833. The van der Waals surface area contributed by atoms with Gasteiger partial charge in [-0.05, 0) is 22.0 Å². The van der Waals surface area contributed by atoms with Crippen LogP contribution in [0.5, 0.6) is 0 Å². The molecule has 1 amide bonds. The summed E-state index contributed by atoms with van der Waals surface area (Å²) < 4.78 is 5.28. The lowest BCUT2D eigenvalue weighted by Gasteiger charge is -2.07. The van der Waals surface area contributed by atoms with Crippen LogP contribution in [0.1, 0.15) is 0 Å². The standard InChI is InChI=1S/C8H9BrClN3O2/c9-6-3-5(10)4-13-7(6)12-1-2-15-8(11)14/h3-4H,1-2H2,(H2,11,14)(H,12,13). The largest absolute Gasteiger partial charge is 0.448 e. The minimum absolute atomic E-state index is 0.187. The number of pyridine rings is 1. The van der Waals surface area contributed by atoms with Crippen molar-refractivity contribution in [3.05, 3.63) is 21.8 Å². The first-order chi connectivity index (χ1) is 7.09. The van der Waals surface area contributed by atoms with Gasteiger partial charge in [0.1, 0.15) is 12.4 Å². The van der Waals surface area contributed by atoms with Crippen molar-refractivity contribution in [1.29, 1.82) is 0 Å².